The maximum absolute atomic E-state index is 11.2. The van der Waals surface area contributed by atoms with Crippen LogP contribution < -0.4 is 4.90 Å². The Morgan fingerprint density at radius 1 is 1.12 bits per heavy atom. The Balaban J connectivity index is 2.17. The number of rotatable bonds is 1. The van der Waals surface area contributed by atoms with Gasteiger partial charge in [0.1, 0.15) is 0 Å². The van der Waals surface area contributed by atoms with E-state index < -0.39 is 0 Å². The SMILES string of the molecule is CC(C)(C)c1ccc(N2CCC(=O)C2)cc1. The van der Waals surface area contributed by atoms with Gasteiger partial charge in [-0.1, -0.05) is 32.9 Å². The molecule has 1 aliphatic rings. The molecule has 0 saturated carbocycles. The summed E-state index contributed by atoms with van der Waals surface area (Å²) in [6, 6.07) is 8.58. The zero-order chi connectivity index (χ0) is 11.8. The molecule has 0 atom stereocenters. The van der Waals surface area contributed by atoms with E-state index in [0.29, 0.717) is 18.7 Å². The molecular weight excluding hydrogens is 198 g/mol. The second-order valence-corrected chi connectivity index (χ2v) is 5.51. The van der Waals surface area contributed by atoms with Gasteiger partial charge in [0.15, 0.2) is 5.78 Å². The van der Waals surface area contributed by atoms with Crippen LogP contribution in [-0.2, 0) is 10.2 Å². The molecule has 1 heterocycles. The van der Waals surface area contributed by atoms with Gasteiger partial charge in [-0.25, -0.2) is 0 Å². The van der Waals surface area contributed by atoms with Gasteiger partial charge in [-0.3, -0.25) is 4.79 Å². The van der Waals surface area contributed by atoms with E-state index in [1.807, 2.05) is 0 Å². The minimum Gasteiger partial charge on any atom is -0.364 e. The van der Waals surface area contributed by atoms with Crippen LogP contribution in [0, 0.1) is 0 Å². The van der Waals surface area contributed by atoms with Gasteiger partial charge >= 0.3 is 0 Å². The molecule has 0 N–H and O–H groups in total. The number of Topliss-reactive ketones (excluding diaryl/α,β-unsaturated/α-hetero) is 1. The third-order valence-electron chi connectivity index (χ3n) is 3.13. The standard InChI is InChI=1S/C14H19NO/c1-14(2,3)11-4-6-12(7-5-11)15-9-8-13(16)10-15/h4-7H,8-10H2,1-3H3. The number of anilines is 1. The minimum atomic E-state index is 0.194. The van der Waals surface area contributed by atoms with Crippen LogP contribution in [-0.4, -0.2) is 18.9 Å². The van der Waals surface area contributed by atoms with E-state index in [2.05, 4.69) is 49.9 Å². The Labute approximate surface area is 97.3 Å². The normalized spacial score (nSPS) is 16.9. The molecule has 0 aliphatic carbocycles. The van der Waals surface area contributed by atoms with Gasteiger partial charge in [0.2, 0.25) is 0 Å². The highest BCUT2D eigenvalue weighted by atomic mass is 16.1. The summed E-state index contributed by atoms with van der Waals surface area (Å²) in [5, 5.41) is 0. The van der Waals surface area contributed by atoms with Crippen LogP contribution >= 0.6 is 0 Å². The van der Waals surface area contributed by atoms with Crippen molar-refractivity contribution in [2.45, 2.75) is 32.6 Å². The smallest absolute Gasteiger partial charge is 0.153 e. The van der Waals surface area contributed by atoms with Crippen molar-refractivity contribution >= 4 is 11.5 Å². The van der Waals surface area contributed by atoms with Gasteiger partial charge in [0.05, 0.1) is 6.54 Å². The molecule has 86 valence electrons. The molecule has 0 unspecified atom stereocenters. The van der Waals surface area contributed by atoms with Crippen molar-refractivity contribution in [1.82, 2.24) is 0 Å². The zero-order valence-electron chi connectivity index (χ0n) is 10.3. The highest BCUT2D eigenvalue weighted by Crippen LogP contribution is 2.25. The third kappa shape index (κ3) is 2.26. The highest BCUT2D eigenvalue weighted by Gasteiger charge is 2.20. The molecule has 0 amide bonds. The van der Waals surface area contributed by atoms with Gasteiger partial charge in [0.25, 0.3) is 0 Å². The molecule has 0 aromatic heterocycles. The average molecular weight is 217 g/mol. The zero-order valence-corrected chi connectivity index (χ0v) is 10.3. The number of nitrogens with zero attached hydrogens (tertiary/aromatic N) is 1. The number of hydrogen-bond acceptors (Lipinski definition) is 2. The van der Waals surface area contributed by atoms with Gasteiger partial charge in [-0.15, -0.1) is 0 Å². The van der Waals surface area contributed by atoms with Crippen molar-refractivity contribution in [2.75, 3.05) is 18.0 Å². The first-order valence-electron chi connectivity index (χ1n) is 5.84. The molecule has 2 heteroatoms. The molecule has 0 bridgehead atoms. The van der Waals surface area contributed by atoms with Crippen molar-refractivity contribution in [3.63, 3.8) is 0 Å². The molecular formula is C14H19NO. The van der Waals surface area contributed by atoms with Crippen LogP contribution in [0.5, 0.6) is 0 Å². The highest BCUT2D eigenvalue weighted by molar-refractivity contribution is 5.87. The average Bonchev–Trinajstić information content (AvgIpc) is 2.64. The number of hydrogen-bond donors (Lipinski definition) is 0. The van der Waals surface area contributed by atoms with E-state index in [1.54, 1.807) is 0 Å². The lowest BCUT2D eigenvalue weighted by Gasteiger charge is -2.21. The van der Waals surface area contributed by atoms with Crippen molar-refractivity contribution in [3.05, 3.63) is 29.8 Å². The van der Waals surface area contributed by atoms with Crippen molar-refractivity contribution in [3.8, 4) is 0 Å². The lowest BCUT2D eigenvalue weighted by atomic mass is 9.87. The van der Waals surface area contributed by atoms with Crippen molar-refractivity contribution < 1.29 is 4.79 Å². The molecule has 0 spiro atoms. The number of carbonyl (C=O) groups is 1. The van der Waals surface area contributed by atoms with E-state index in [0.717, 1.165) is 6.54 Å². The topological polar surface area (TPSA) is 20.3 Å². The molecule has 1 saturated heterocycles. The maximum atomic E-state index is 11.2. The second kappa shape index (κ2) is 3.93. The number of benzene rings is 1. The molecule has 0 radical (unpaired) electrons. The minimum absolute atomic E-state index is 0.194. The molecule has 2 rings (SSSR count). The Morgan fingerprint density at radius 2 is 1.75 bits per heavy atom. The van der Waals surface area contributed by atoms with E-state index in [1.165, 1.54) is 11.3 Å². The first kappa shape index (κ1) is 11.2. The quantitative estimate of drug-likeness (QED) is 0.721. The van der Waals surface area contributed by atoms with E-state index in [9.17, 15) is 4.79 Å². The fraction of sp³-hybridized carbons (Fsp3) is 0.500. The number of carbonyl (C=O) groups excluding carboxylic acids is 1. The van der Waals surface area contributed by atoms with Crippen LogP contribution in [0.3, 0.4) is 0 Å². The van der Waals surface area contributed by atoms with Gasteiger partial charge < -0.3 is 4.90 Å². The largest absolute Gasteiger partial charge is 0.364 e. The van der Waals surface area contributed by atoms with Crippen LogP contribution in [0.4, 0.5) is 5.69 Å². The third-order valence-corrected chi connectivity index (χ3v) is 3.13. The molecule has 1 aromatic rings. The first-order chi connectivity index (χ1) is 7.47. The molecule has 16 heavy (non-hydrogen) atoms. The summed E-state index contributed by atoms with van der Waals surface area (Å²) in [7, 11) is 0. The fourth-order valence-corrected chi connectivity index (χ4v) is 2.02. The monoisotopic (exact) mass is 217 g/mol. The fourth-order valence-electron chi connectivity index (χ4n) is 2.02. The Kier molecular flexibility index (Phi) is 2.75. The summed E-state index contributed by atoms with van der Waals surface area (Å²) in [5.74, 6) is 0.347. The first-order valence-corrected chi connectivity index (χ1v) is 5.84. The van der Waals surface area contributed by atoms with Crippen LogP contribution in [0.25, 0.3) is 0 Å². The molecule has 2 nitrogen and oxygen atoms in total. The second-order valence-electron chi connectivity index (χ2n) is 5.51. The van der Waals surface area contributed by atoms with Gasteiger partial charge in [-0.2, -0.15) is 0 Å². The summed E-state index contributed by atoms with van der Waals surface area (Å²) < 4.78 is 0. The lowest BCUT2D eigenvalue weighted by molar-refractivity contribution is -0.116. The number of ketones is 1. The molecule has 1 fully saturated rings. The van der Waals surface area contributed by atoms with Gasteiger partial charge in [0, 0.05) is 18.7 Å². The van der Waals surface area contributed by atoms with Crippen molar-refractivity contribution in [2.24, 2.45) is 0 Å². The van der Waals surface area contributed by atoms with E-state index >= 15 is 0 Å². The summed E-state index contributed by atoms with van der Waals surface area (Å²) >= 11 is 0. The summed E-state index contributed by atoms with van der Waals surface area (Å²) in [5.41, 5.74) is 2.69. The Bertz CT molecular complexity index is 386. The van der Waals surface area contributed by atoms with Crippen LogP contribution in [0.1, 0.15) is 32.8 Å². The van der Waals surface area contributed by atoms with Gasteiger partial charge in [-0.05, 0) is 23.1 Å². The molecule has 1 aliphatic heterocycles. The van der Waals surface area contributed by atoms with Crippen LogP contribution in [0.2, 0.25) is 0 Å². The predicted octanol–water partition coefficient (Wildman–Crippen LogP) is 2.76. The van der Waals surface area contributed by atoms with E-state index in [4.69, 9.17) is 0 Å². The summed E-state index contributed by atoms with van der Waals surface area (Å²) in [6.07, 6.45) is 0.695. The Hall–Kier alpha value is -1.31. The van der Waals surface area contributed by atoms with E-state index in [-0.39, 0.29) is 5.41 Å². The molecule has 1 aromatic carbocycles. The predicted molar refractivity (Wildman–Crippen MR) is 67.0 cm³/mol. The maximum Gasteiger partial charge on any atom is 0.153 e. The summed E-state index contributed by atoms with van der Waals surface area (Å²) in [4.78, 5) is 13.4. The Morgan fingerprint density at radius 3 is 2.19 bits per heavy atom. The van der Waals surface area contributed by atoms with Crippen LogP contribution in [0.15, 0.2) is 24.3 Å². The van der Waals surface area contributed by atoms with Crippen molar-refractivity contribution in [1.29, 1.82) is 0 Å². The summed E-state index contributed by atoms with van der Waals surface area (Å²) in [6.45, 7) is 8.08. The lowest BCUT2D eigenvalue weighted by Crippen LogP contribution is -2.19.